The molecule has 0 spiro atoms. The number of hydrogen-bond acceptors (Lipinski definition) is 3. The van der Waals surface area contributed by atoms with Crippen molar-refractivity contribution in [3.63, 3.8) is 0 Å². The maximum atomic E-state index is 10.7. The minimum atomic E-state index is -0.714. The summed E-state index contributed by atoms with van der Waals surface area (Å²) in [7, 11) is 0. The number of unbranched alkanes of at least 4 members (excludes halogenated alkanes) is 6. The highest BCUT2D eigenvalue weighted by Crippen LogP contribution is 2.18. The Morgan fingerprint density at radius 3 is 2.07 bits per heavy atom. The van der Waals surface area contributed by atoms with Gasteiger partial charge in [0.1, 0.15) is 0 Å². The first kappa shape index (κ1) is 25.6. The lowest BCUT2D eigenvalue weighted by molar-refractivity contribution is -0.137. The van der Waals surface area contributed by atoms with E-state index >= 15 is 0 Å². The molecule has 4 heteroatoms. The normalized spacial score (nSPS) is 13.3. The van der Waals surface area contributed by atoms with E-state index in [2.05, 4.69) is 19.1 Å². The third-order valence-corrected chi connectivity index (χ3v) is 5.43. The number of aliphatic hydroxyl groups excluding tert-OH is 1. The molecule has 0 radical (unpaired) electrons. The number of ether oxygens (including phenoxy) is 1. The van der Waals surface area contributed by atoms with Crippen LogP contribution >= 0.6 is 0 Å². The molecule has 0 aliphatic heterocycles. The number of carboxylic acid groups (broad SMARTS) is 1. The fourth-order valence-corrected chi connectivity index (χ4v) is 3.68. The zero-order chi connectivity index (χ0) is 21.2. The summed E-state index contributed by atoms with van der Waals surface area (Å²) in [6.45, 7) is 2.75. The van der Waals surface area contributed by atoms with Crippen molar-refractivity contribution in [1.82, 2.24) is 0 Å². The maximum Gasteiger partial charge on any atom is 0.303 e. The quantitative estimate of drug-likeness (QED) is 0.257. The van der Waals surface area contributed by atoms with Crippen LogP contribution < -0.4 is 0 Å². The van der Waals surface area contributed by atoms with Gasteiger partial charge in [-0.25, -0.2) is 0 Å². The van der Waals surface area contributed by atoms with Gasteiger partial charge >= 0.3 is 5.97 Å². The van der Waals surface area contributed by atoms with Gasteiger partial charge in [0, 0.05) is 6.42 Å². The molecule has 0 amide bonds. The lowest BCUT2D eigenvalue weighted by Gasteiger charge is -2.18. The van der Waals surface area contributed by atoms with E-state index < -0.39 is 5.97 Å². The van der Waals surface area contributed by atoms with E-state index in [1.54, 1.807) is 0 Å². The van der Waals surface area contributed by atoms with E-state index in [0.717, 1.165) is 57.8 Å². The van der Waals surface area contributed by atoms with Crippen molar-refractivity contribution in [3.8, 4) is 0 Å². The topological polar surface area (TPSA) is 66.8 Å². The molecule has 0 aliphatic carbocycles. The molecule has 4 nitrogen and oxygen atoms in total. The molecular weight excluding hydrogens is 364 g/mol. The Morgan fingerprint density at radius 2 is 1.45 bits per heavy atom. The summed E-state index contributed by atoms with van der Waals surface area (Å²) in [4.78, 5) is 10.7. The van der Waals surface area contributed by atoms with Gasteiger partial charge in [0.05, 0.1) is 18.8 Å². The molecular formula is C25H42O4. The van der Waals surface area contributed by atoms with Crippen molar-refractivity contribution in [2.45, 2.75) is 116 Å². The van der Waals surface area contributed by atoms with Gasteiger partial charge in [0.25, 0.3) is 0 Å². The number of aliphatic hydroxyl groups is 1. The lowest BCUT2D eigenvalue weighted by atomic mass is 10.0. The Bertz CT molecular complexity index is 503. The van der Waals surface area contributed by atoms with Crippen LogP contribution in [0, 0.1) is 0 Å². The molecule has 1 aromatic carbocycles. The van der Waals surface area contributed by atoms with Gasteiger partial charge in [-0.2, -0.15) is 0 Å². The predicted molar refractivity (Wildman–Crippen MR) is 119 cm³/mol. The molecule has 2 N–H and O–H groups in total. The van der Waals surface area contributed by atoms with Crippen LogP contribution in [0.3, 0.4) is 0 Å². The highest BCUT2D eigenvalue weighted by Gasteiger charge is 2.10. The van der Waals surface area contributed by atoms with E-state index in [-0.39, 0.29) is 18.6 Å². The summed E-state index contributed by atoms with van der Waals surface area (Å²) in [5.41, 5.74) is 1.19. The van der Waals surface area contributed by atoms with Gasteiger partial charge in [0.2, 0.25) is 0 Å². The first-order valence-electron chi connectivity index (χ1n) is 11.7. The molecule has 0 fully saturated rings. The highest BCUT2D eigenvalue weighted by molar-refractivity contribution is 5.66. The Balaban J connectivity index is 2.17. The molecule has 1 aromatic rings. The summed E-state index contributed by atoms with van der Waals surface area (Å²) in [6.07, 6.45) is 14.1. The fourth-order valence-electron chi connectivity index (χ4n) is 3.68. The standard InChI is InChI=1S/C25H42O4/c1-2-14-23(26)17-10-5-3-4-6-11-18-24(19-12-13-20-25(27)28)29-21-22-15-8-7-9-16-22/h7-9,15-16,23-24,26H,2-6,10-14,17-21H2,1H3,(H,27,28). The van der Waals surface area contributed by atoms with Crippen LogP contribution in [-0.4, -0.2) is 28.4 Å². The molecule has 0 aliphatic rings. The van der Waals surface area contributed by atoms with Crippen molar-refractivity contribution in [2.75, 3.05) is 0 Å². The van der Waals surface area contributed by atoms with Crippen molar-refractivity contribution in [1.29, 1.82) is 0 Å². The maximum absolute atomic E-state index is 10.7. The van der Waals surface area contributed by atoms with Gasteiger partial charge in [0.15, 0.2) is 0 Å². The number of hydrogen-bond donors (Lipinski definition) is 2. The Kier molecular flexibility index (Phi) is 15.4. The number of aliphatic carboxylic acids is 1. The fraction of sp³-hybridized carbons (Fsp3) is 0.720. The Morgan fingerprint density at radius 1 is 0.862 bits per heavy atom. The Labute approximate surface area is 177 Å². The first-order chi connectivity index (χ1) is 14.1. The van der Waals surface area contributed by atoms with Crippen LogP contribution in [0.2, 0.25) is 0 Å². The van der Waals surface area contributed by atoms with Gasteiger partial charge in [-0.1, -0.05) is 88.6 Å². The van der Waals surface area contributed by atoms with Gasteiger partial charge < -0.3 is 14.9 Å². The summed E-state index contributed by atoms with van der Waals surface area (Å²) in [6, 6.07) is 10.2. The van der Waals surface area contributed by atoms with Crippen molar-refractivity contribution in [3.05, 3.63) is 35.9 Å². The van der Waals surface area contributed by atoms with E-state index in [1.165, 1.54) is 31.2 Å². The van der Waals surface area contributed by atoms with E-state index in [4.69, 9.17) is 9.84 Å². The molecule has 1 rings (SSSR count). The van der Waals surface area contributed by atoms with Gasteiger partial charge in [-0.15, -0.1) is 0 Å². The van der Waals surface area contributed by atoms with E-state index in [1.807, 2.05) is 18.2 Å². The van der Waals surface area contributed by atoms with Crippen LogP contribution in [-0.2, 0) is 16.1 Å². The van der Waals surface area contributed by atoms with Crippen LogP contribution in [0.1, 0.15) is 102 Å². The van der Waals surface area contributed by atoms with Crippen molar-refractivity contribution < 1.29 is 19.7 Å². The molecule has 29 heavy (non-hydrogen) atoms. The van der Waals surface area contributed by atoms with E-state index in [9.17, 15) is 9.90 Å². The molecule has 0 saturated heterocycles. The van der Waals surface area contributed by atoms with Crippen LogP contribution in [0.4, 0.5) is 0 Å². The second-order valence-electron chi connectivity index (χ2n) is 8.20. The third-order valence-electron chi connectivity index (χ3n) is 5.43. The molecule has 2 atom stereocenters. The molecule has 2 unspecified atom stereocenters. The molecule has 0 aromatic heterocycles. The van der Waals surface area contributed by atoms with Crippen LogP contribution in [0.15, 0.2) is 30.3 Å². The molecule has 166 valence electrons. The number of carbonyl (C=O) groups is 1. The van der Waals surface area contributed by atoms with Crippen molar-refractivity contribution in [2.24, 2.45) is 0 Å². The molecule has 0 saturated carbocycles. The third kappa shape index (κ3) is 15.2. The van der Waals surface area contributed by atoms with Crippen molar-refractivity contribution >= 4 is 5.97 Å². The average Bonchev–Trinajstić information content (AvgIpc) is 2.71. The van der Waals surface area contributed by atoms with Gasteiger partial charge in [-0.3, -0.25) is 4.79 Å². The minimum Gasteiger partial charge on any atom is -0.481 e. The SMILES string of the molecule is CCCC(O)CCCCCCCCC(CCCCC(=O)O)OCc1ccccc1. The molecule has 0 bridgehead atoms. The monoisotopic (exact) mass is 406 g/mol. The number of carboxylic acids is 1. The summed E-state index contributed by atoms with van der Waals surface area (Å²) < 4.78 is 6.15. The summed E-state index contributed by atoms with van der Waals surface area (Å²) in [5, 5.41) is 18.6. The highest BCUT2D eigenvalue weighted by atomic mass is 16.5. The summed E-state index contributed by atoms with van der Waals surface area (Å²) >= 11 is 0. The second-order valence-corrected chi connectivity index (χ2v) is 8.20. The zero-order valence-corrected chi connectivity index (χ0v) is 18.4. The molecule has 0 heterocycles. The minimum absolute atomic E-state index is 0.108. The largest absolute Gasteiger partial charge is 0.481 e. The number of rotatable bonds is 19. The predicted octanol–water partition coefficient (Wildman–Crippen LogP) is 6.50. The average molecular weight is 407 g/mol. The number of benzene rings is 1. The first-order valence-corrected chi connectivity index (χ1v) is 11.7. The van der Waals surface area contributed by atoms with Gasteiger partial charge in [-0.05, 0) is 37.7 Å². The van der Waals surface area contributed by atoms with E-state index in [0.29, 0.717) is 6.61 Å². The smallest absolute Gasteiger partial charge is 0.303 e. The lowest BCUT2D eigenvalue weighted by Crippen LogP contribution is -2.13. The zero-order valence-electron chi connectivity index (χ0n) is 18.4. The second kappa shape index (κ2) is 17.5. The van der Waals surface area contributed by atoms with Crippen LogP contribution in [0.25, 0.3) is 0 Å². The van der Waals surface area contributed by atoms with Crippen LogP contribution in [0.5, 0.6) is 0 Å². The Hall–Kier alpha value is -1.39. The summed E-state index contributed by atoms with van der Waals surface area (Å²) in [5.74, 6) is -0.714.